The van der Waals surface area contributed by atoms with E-state index in [1.165, 1.54) is 0 Å². The van der Waals surface area contributed by atoms with Crippen molar-refractivity contribution < 1.29 is 14.3 Å². The SMILES string of the molecule is COc1ccc(C)cc1C(C)NC(=O)CNC(=O)c1ccc(C(C)(C)C)cc1. The molecule has 0 aliphatic rings. The van der Waals surface area contributed by atoms with E-state index < -0.39 is 0 Å². The number of methoxy groups -OCH3 is 1. The predicted octanol–water partition coefficient (Wildman–Crippen LogP) is 3.91. The van der Waals surface area contributed by atoms with Crippen molar-refractivity contribution in [2.24, 2.45) is 0 Å². The highest BCUT2D eigenvalue weighted by Gasteiger charge is 2.16. The summed E-state index contributed by atoms with van der Waals surface area (Å²) in [5, 5.41) is 5.57. The summed E-state index contributed by atoms with van der Waals surface area (Å²) in [5.41, 5.74) is 3.71. The van der Waals surface area contributed by atoms with Crippen LogP contribution in [0.2, 0.25) is 0 Å². The first-order valence-electron chi connectivity index (χ1n) is 9.44. The fourth-order valence-electron chi connectivity index (χ4n) is 2.95. The zero-order valence-electron chi connectivity index (χ0n) is 17.6. The third kappa shape index (κ3) is 5.59. The minimum absolute atomic E-state index is 0.0296. The molecular formula is C23H30N2O3. The zero-order chi connectivity index (χ0) is 20.9. The van der Waals surface area contributed by atoms with Gasteiger partial charge in [-0.25, -0.2) is 0 Å². The molecule has 0 bridgehead atoms. The summed E-state index contributed by atoms with van der Waals surface area (Å²) in [7, 11) is 1.61. The summed E-state index contributed by atoms with van der Waals surface area (Å²) in [4.78, 5) is 24.6. The normalized spacial score (nSPS) is 12.2. The van der Waals surface area contributed by atoms with Crippen LogP contribution in [-0.2, 0) is 10.2 Å². The molecule has 0 spiro atoms. The summed E-state index contributed by atoms with van der Waals surface area (Å²) in [6.07, 6.45) is 0. The molecule has 0 aliphatic heterocycles. The molecule has 0 fully saturated rings. The van der Waals surface area contributed by atoms with Gasteiger partial charge in [0.15, 0.2) is 0 Å². The Kier molecular flexibility index (Phi) is 6.84. The molecule has 150 valence electrons. The molecule has 2 rings (SSSR count). The van der Waals surface area contributed by atoms with Crippen LogP contribution >= 0.6 is 0 Å². The van der Waals surface area contributed by atoms with E-state index in [0.29, 0.717) is 5.56 Å². The molecule has 2 N–H and O–H groups in total. The Hall–Kier alpha value is -2.82. The molecule has 2 amide bonds. The molecular weight excluding hydrogens is 352 g/mol. The molecule has 5 nitrogen and oxygen atoms in total. The number of amides is 2. The first kappa shape index (κ1) is 21.5. The van der Waals surface area contributed by atoms with Gasteiger partial charge in [-0.1, -0.05) is 50.6 Å². The Bertz CT molecular complexity index is 836. The van der Waals surface area contributed by atoms with Gasteiger partial charge in [-0.2, -0.15) is 0 Å². The number of hydrogen-bond donors (Lipinski definition) is 2. The number of carbonyl (C=O) groups excluding carboxylic acids is 2. The van der Waals surface area contributed by atoms with E-state index in [4.69, 9.17) is 4.74 Å². The molecule has 2 aromatic carbocycles. The number of nitrogens with one attached hydrogen (secondary N) is 2. The van der Waals surface area contributed by atoms with Crippen LogP contribution < -0.4 is 15.4 Å². The fourth-order valence-corrected chi connectivity index (χ4v) is 2.95. The lowest BCUT2D eigenvalue weighted by molar-refractivity contribution is -0.120. The Morgan fingerprint density at radius 2 is 1.71 bits per heavy atom. The number of hydrogen-bond acceptors (Lipinski definition) is 3. The molecule has 1 atom stereocenters. The predicted molar refractivity (Wildman–Crippen MR) is 112 cm³/mol. The third-order valence-corrected chi connectivity index (χ3v) is 4.65. The Labute approximate surface area is 167 Å². The van der Waals surface area contributed by atoms with Gasteiger partial charge in [0.1, 0.15) is 5.75 Å². The van der Waals surface area contributed by atoms with Crippen molar-refractivity contribution in [1.82, 2.24) is 10.6 Å². The highest BCUT2D eigenvalue weighted by atomic mass is 16.5. The van der Waals surface area contributed by atoms with Crippen molar-refractivity contribution in [3.05, 3.63) is 64.7 Å². The van der Waals surface area contributed by atoms with E-state index in [-0.39, 0.29) is 29.8 Å². The first-order chi connectivity index (χ1) is 13.1. The zero-order valence-corrected chi connectivity index (χ0v) is 17.6. The Morgan fingerprint density at radius 3 is 2.29 bits per heavy atom. The van der Waals surface area contributed by atoms with Gasteiger partial charge in [-0.15, -0.1) is 0 Å². The van der Waals surface area contributed by atoms with Crippen molar-refractivity contribution in [2.75, 3.05) is 13.7 Å². The van der Waals surface area contributed by atoms with Gasteiger partial charge in [0, 0.05) is 11.1 Å². The number of benzene rings is 2. The standard InChI is InChI=1S/C23H30N2O3/c1-15-7-12-20(28-6)19(13-15)16(2)25-21(26)14-24-22(27)17-8-10-18(11-9-17)23(3,4)5/h7-13,16H,14H2,1-6H3,(H,24,27)(H,25,26). The second-order valence-electron chi connectivity index (χ2n) is 8.04. The molecule has 0 heterocycles. The second kappa shape index (κ2) is 8.91. The minimum atomic E-state index is -0.267. The summed E-state index contributed by atoms with van der Waals surface area (Å²) >= 11 is 0. The fraction of sp³-hybridized carbons (Fsp3) is 0.391. The maximum atomic E-state index is 12.3. The van der Waals surface area contributed by atoms with Crippen LogP contribution in [0, 0.1) is 6.92 Å². The van der Waals surface area contributed by atoms with Gasteiger partial charge < -0.3 is 15.4 Å². The van der Waals surface area contributed by atoms with E-state index >= 15 is 0 Å². The van der Waals surface area contributed by atoms with Gasteiger partial charge in [-0.3, -0.25) is 9.59 Å². The molecule has 0 aliphatic carbocycles. The largest absolute Gasteiger partial charge is 0.496 e. The number of carbonyl (C=O) groups is 2. The minimum Gasteiger partial charge on any atom is -0.496 e. The molecule has 1 unspecified atom stereocenters. The smallest absolute Gasteiger partial charge is 0.251 e. The lowest BCUT2D eigenvalue weighted by Crippen LogP contribution is -2.38. The lowest BCUT2D eigenvalue weighted by atomic mass is 9.87. The number of ether oxygens (including phenoxy) is 1. The average molecular weight is 383 g/mol. The molecule has 2 aromatic rings. The summed E-state index contributed by atoms with van der Waals surface area (Å²) in [6.45, 7) is 10.2. The van der Waals surface area contributed by atoms with Crippen LogP contribution in [-0.4, -0.2) is 25.5 Å². The Balaban J connectivity index is 1.93. The average Bonchev–Trinajstić information content (AvgIpc) is 2.65. The van der Waals surface area contributed by atoms with E-state index in [0.717, 1.165) is 22.4 Å². The molecule has 0 aromatic heterocycles. The molecule has 0 saturated heterocycles. The maximum absolute atomic E-state index is 12.3. The van der Waals surface area contributed by atoms with Crippen LogP contribution in [0.3, 0.4) is 0 Å². The van der Waals surface area contributed by atoms with Crippen molar-refractivity contribution in [1.29, 1.82) is 0 Å². The maximum Gasteiger partial charge on any atom is 0.251 e. The van der Waals surface area contributed by atoms with Crippen molar-refractivity contribution >= 4 is 11.8 Å². The summed E-state index contributed by atoms with van der Waals surface area (Å²) < 4.78 is 5.37. The summed E-state index contributed by atoms with van der Waals surface area (Å²) in [6, 6.07) is 13.1. The van der Waals surface area contributed by atoms with Gasteiger partial charge in [0.05, 0.1) is 19.7 Å². The topological polar surface area (TPSA) is 67.4 Å². The van der Waals surface area contributed by atoms with Crippen LogP contribution in [0.1, 0.15) is 60.8 Å². The highest BCUT2D eigenvalue weighted by Crippen LogP contribution is 2.26. The van der Waals surface area contributed by atoms with Crippen LogP contribution in [0.5, 0.6) is 5.75 Å². The third-order valence-electron chi connectivity index (χ3n) is 4.65. The first-order valence-corrected chi connectivity index (χ1v) is 9.44. The summed E-state index contributed by atoms with van der Waals surface area (Å²) in [5.74, 6) is 0.202. The van der Waals surface area contributed by atoms with E-state index in [9.17, 15) is 9.59 Å². The second-order valence-corrected chi connectivity index (χ2v) is 8.04. The molecule has 28 heavy (non-hydrogen) atoms. The van der Waals surface area contributed by atoms with Gasteiger partial charge in [-0.05, 0) is 43.0 Å². The van der Waals surface area contributed by atoms with Crippen molar-refractivity contribution in [3.63, 3.8) is 0 Å². The lowest BCUT2D eigenvalue weighted by Gasteiger charge is -2.19. The number of aryl methyl sites for hydroxylation is 1. The van der Waals surface area contributed by atoms with Crippen LogP contribution in [0.4, 0.5) is 0 Å². The highest BCUT2D eigenvalue weighted by molar-refractivity contribution is 5.96. The van der Waals surface area contributed by atoms with Gasteiger partial charge >= 0.3 is 0 Å². The molecule has 0 saturated carbocycles. The van der Waals surface area contributed by atoms with E-state index in [1.807, 2.05) is 44.2 Å². The van der Waals surface area contributed by atoms with Crippen LogP contribution in [0.15, 0.2) is 42.5 Å². The van der Waals surface area contributed by atoms with Gasteiger partial charge in [0.25, 0.3) is 5.91 Å². The van der Waals surface area contributed by atoms with E-state index in [1.54, 1.807) is 19.2 Å². The Morgan fingerprint density at radius 1 is 1.07 bits per heavy atom. The van der Waals surface area contributed by atoms with E-state index in [2.05, 4.69) is 31.4 Å². The molecule has 5 heteroatoms. The van der Waals surface area contributed by atoms with Gasteiger partial charge in [0.2, 0.25) is 5.91 Å². The van der Waals surface area contributed by atoms with Crippen LogP contribution in [0.25, 0.3) is 0 Å². The number of rotatable bonds is 6. The van der Waals surface area contributed by atoms with Crippen molar-refractivity contribution in [3.8, 4) is 5.75 Å². The quantitative estimate of drug-likeness (QED) is 0.796. The monoisotopic (exact) mass is 382 g/mol. The van der Waals surface area contributed by atoms with Crippen molar-refractivity contribution in [2.45, 2.75) is 46.1 Å². The molecule has 0 radical (unpaired) electrons.